The molecule has 5 amide bonds. The average molecular weight is 398 g/mol. The first-order valence-electron chi connectivity index (χ1n) is 9.22. The summed E-state index contributed by atoms with van der Waals surface area (Å²) in [6, 6.07) is -4.12. The van der Waals surface area contributed by atoms with Gasteiger partial charge in [0.25, 0.3) is 0 Å². The maximum atomic E-state index is 12.7. The lowest BCUT2D eigenvalue weighted by Gasteiger charge is -2.28. The Kier molecular flexibility index (Phi) is 8.35. The Hall–Kier alpha value is -2.69. The van der Waals surface area contributed by atoms with Gasteiger partial charge in [-0.15, -0.1) is 0 Å². The van der Waals surface area contributed by atoms with Crippen LogP contribution in [0, 0.1) is 0 Å². The smallest absolute Gasteiger partial charge is 0.245 e. The summed E-state index contributed by atoms with van der Waals surface area (Å²) in [5.74, 6) is -2.59. The van der Waals surface area contributed by atoms with E-state index in [9.17, 15) is 24.0 Å². The van der Waals surface area contributed by atoms with Crippen molar-refractivity contribution in [2.24, 2.45) is 11.5 Å². The highest BCUT2D eigenvalue weighted by Crippen LogP contribution is 2.18. The normalized spacial score (nSPS) is 20.5. The molecule has 11 heteroatoms. The minimum absolute atomic E-state index is 0.360. The molecule has 0 spiro atoms. The van der Waals surface area contributed by atoms with Gasteiger partial charge in [-0.05, 0) is 40.5 Å². The Morgan fingerprint density at radius 1 is 0.893 bits per heavy atom. The van der Waals surface area contributed by atoms with Gasteiger partial charge in [-0.25, -0.2) is 0 Å². The predicted molar refractivity (Wildman–Crippen MR) is 100 cm³/mol. The first-order chi connectivity index (χ1) is 13.0. The Balaban J connectivity index is 2.67. The molecule has 0 unspecified atom stereocenters. The zero-order chi connectivity index (χ0) is 21.6. The third-order valence-corrected chi connectivity index (χ3v) is 4.52. The van der Waals surface area contributed by atoms with Gasteiger partial charge >= 0.3 is 0 Å². The van der Waals surface area contributed by atoms with Crippen LogP contribution < -0.4 is 27.4 Å². The van der Waals surface area contributed by atoms with E-state index in [0.717, 1.165) is 0 Å². The van der Waals surface area contributed by atoms with Crippen molar-refractivity contribution in [1.29, 1.82) is 0 Å². The van der Waals surface area contributed by atoms with E-state index < -0.39 is 59.7 Å². The molecular formula is C17H30N6O5. The molecule has 0 aromatic rings. The summed E-state index contributed by atoms with van der Waals surface area (Å²) in [6.07, 6.45) is 1.07. The number of nitrogens with two attached hydrogens (primary N) is 2. The second-order valence-electron chi connectivity index (χ2n) is 7.07. The predicted octanol–water partition coefficient (Wildman–Crippen LogP) is -2.68. The molecule has 0 aromatic carbocycles. The van der Waals surface area contributed by atoms with Gasteiger partial charge < -0.3 is 32.3 Å². The number of likely N-dealkylation sites (tertiary alicyclic amines) is 1. The van der Waals surface area contributed by atoms with Crippen LogP contribution in [-0.2, 0) is 24.0 Å². The summed E-state index contributed by atoms with van der Waals surface area (Å²) in [6.45, 7) is 6.29. The molecular weight excluding hydrogens is 368 g/mol. The van der Waals surface area contributed by atoms with Crippen molar-refractivity contribution in [2.75, 3.05) is 6.54 Å². The van der Waals surface area contributed by atoms with E-state index in [4.69, 9.17) is 11.5 Å². The van der Waals surface area contributed by atoms with Crippen molar-refractivity contribution in [3.63, 3.8) is 0 Å². The molecule has 0 aliphatic carbocycles. The first-order valence-corrected chi connectivity index (χ1v) is 9.22. The Morgan fingerprint density at radius 3 is 2.00 bits per heavy atom. The Morgan fingerprint density at radius 2 is 1.46 bits per heavy atom. The highest BCUT2D eigenvalue weighted by molar-refractivity contribution is 5.95. The molecule has 28 heavy (non-hydrogen) atoms. The second kappa shape index (κ2) is 10.0. The van der Waals surface area contributed by atoms with Gasteiger partial charge in [0.15, 0.2) is 0 Å². The minimum atomic E-state index is -0.899. The fourth-order valence-corrected chi connectivity index (χ4v) is 2.74. The highest BCUT2D eigenvalue weighted by atomic mass is 16.2. The van der Waals surface area contributed by atoms with Crippen molar-refractivity contribution in [2.45, 2.75) is 70.7 Å². The average Bonchev–Trinajstić information content (AvgIpc) is 3.10. The summed E-state index contributed by atoms with van der Waals surface area (Å²) in [5, 5.41) is 7.45. The molecule has 1 aliphatic rings. The van der Waals surface area contributed by atoms with Gasteiger partial charge in [-0.3, -0.25) is 24.0 Å². The van der Waals surface area contributed by atoms with Gasteiger partial charge in [-0.2, -0.15) is 0 Å². The SMILES string of the molecule is C[C@H](N)C(=O)N[C@@H](C)C(=O)N[C@@H](C)C(=O)N1CCC[C@H]1C(=O)N[C@@H](C)C(N)=O. The number of nitrogens with one attached hydrogen (secondary N) is 3. The van der Waals surface area contributed by atoms with Crippen LogP contribution in [-0.4, -0.2) is 71.2 Å². The Labute approximate surface area is 163 Å². The van der Waals surface area contributed by atoms with Gasteiger partial charge in [0.2, 0.25) is 29.5 Å². The second-order valence-corrected chi connectivity index (χ2v) is 7.07. The summed E-state index contributed by atoms with van der Waals surface area (Å²) < 4.78 is 0. The van der Waals surface area contributed by atoms with E-state index in [1.165, 1.54) is 32.6 Å². The van der Waals surface area contributed by atoms with Crippen molar-refractivity contribution < 1.29 is 24.0 Å². The van der Waals surface area contributed by atoms with Crippen LogP contribution in [0.3, 0.4) is 0 Å². The van der Waals surface area contributed by atoms with Crippen molar-refractivity contribution in [3.8, 4) is 0 Å². The molecule has 0 radical (unpaired) electrons. The molecule has 0 bridgehead atoms. The molecule has 11 nitrogen and oxygen atoms in total. The van der Waals surface area contributed by atoms with Gasteiger partial charge in [0.1, 0.15) is 24.2 Å². The quantitative estimate of drug-likeness (QED) is 0.297. The molecule has 0 aromatic heterocycles. The van der Waals surface area contributed by atoms with Gasteiger partial charge in [0.05, 0.1) is 6.04 Å². The van der Waals surface area contributed by atoms with Crippen molar-refractivity contribution in [1.82, 2.24) is 20.9 Å². The monoisotopic (exact) mass is 398 g/mol. The molecule has 7 N–H and O–H groups in total. The molecule has 1 aliphatic heterocycles. The Bertz CT molecular complexity index is 638. The number of primary amides is 1. The maximum absolute atomic E-state index is 12.7. The zero-order valence-electron chi connectivity index (χ0n) is 16.7. The highest BCUT2D eigenvalue weighted by Gasteiger charge is 2.37. The number of hydrogen-bond donors (Lipinski definition) is 5. The standard InChI is InChI=1S/C17H30N6O5/c1-8(18)14(25)21-10(3)15(26)22-11(4)17(28)23-7-5-6-12(23)16(27)20-9(2)13(19)24/h8-12H,5-7,18H2,1-4H3,(H2,19,24)(H,20,27)(H,21,25)(H,22,26)/t8-,9-,10-,11-,12-/m0/s1. The topological polar surface area (TPSA) is 177 Å². The molecule has 1 rings (SSSR count). The zero-order valence-corrected chi connectivity index (χ0v) is 16.7. The third kappa shape index (κ3) is 6.19. The van der Waals surface area contributed by atoms with E-state index in [0.29, 0.717) is 19.4 Å². The molecule has 158 valence electrons. The molecule has 5 atom stereocenters. The van der Waals surface area contributed by atoms with Crippen LogP contribution >= 0.6 is 0 Å². The number of carbonyl (C=O) groups is 5. The van der Waals surface area contributed by atoms with Crippen molar-refractivity contribution >= 4 is 29.5 Å². The van der Waals surface area contributed by atoms with Crippen LogP contribution in [0.5, 0.6) is 0 Å². The van der Waals surface area contributed by atoms with E-state index >= 15 is 0 Å². The van der Waals surface area contributed by atoms with E-state index in [1.807, 2.05) is 0 Å². The number of rotatable bonds is 8. The summed E-state index contributed by atoms with van der Waals surface area (Å²) >= 11 is 0. The van der Waals surface area contributed by atoms with Crippen LogP contribution in [0.4, 0.5) is 0 Å². The fraction of sp³-hybridized carbons (Fsp3) is 0.706. The first kappa shape index (κ1) is 23.3. The van der Waals surface area contributed by atoms with Crippen molar-refractivity contribution in [3.05, 3.63) is 0 Å². The van der Waals surface area contributed by atoms with Crippen LogP contribution in [0.1, 0.15) is 40.5 Å². The molecule has 1 saturated heterocycles. The number of nitrogens with zero attached hydrogens (tertiary/aromatic N) is 1. The summed E-state index contributed by atoms with van der Waals surface area (Å²) in [7, 11) is 0. The number of amides is 5. The lowest BCUT2D eigenvalue weighted by Crippen LogP contribution is -2.57. The van der Waals surface area contributed by atoms with E-state index in [2.05, 4.69) is 16.0 Å². The van der Waals surface area contributed by atoms with Gasteiger partial charge in [-0.1, -0.05) is 0 Å². The minimum Gasteiger partial charge on any atom is -0.368 e. The molecule has 1 heterocycles. The van der Waals surface area contributed by atoms with Crippen LogP contribution in [0.2, 0.25) is 0 Å². The summed E-state index contributed by atoms with van der Waals surface area (Å²) in [4.78, 5) is 61.3. The number of carbonyl (C=O) groups excluding carboxylic acids is 5. The number of hydrogen-bond acceptors (Lipinski definition) is 6. The maximum Gasteiger partial charge on any atom is 0.245 e. The van der Waals surface area contributed by atoms with Gasteiger partial charge in [0, 0.05) is 6.54 Å². The van der Waals surface area contributed by atoms with E-state index in [1.54, 1.807) is 0 Å². The lowest BCUT2D eigenvalue weighted by atomic mass is 10.1. The molecule has 1 fully saturated rings. The molecule has 0 saturated carbocycles. The fourth-order valence-electron chi connectivity index (χ4n) is 2.74. The lowest BCUT2D eigenvalue weighted by molar-refractivity contribution is -0.141. The largest absolute Gasteiger partial charge is 0.368 e. The third-order valence-electron chi connectivity index (χ3n) is 4.52. The van der Waals surface area contributed by atoms with E-state index in [-0.39, 0.29) is 0 Å². The summed E-state index contributed by atoms with van der Waals surface area (Å²) in [5.41, 5.74) is 10.6. The van der Waals surface area contributed by atoms with Crippen LogP contribution in [0.15, 0.2) is 0 Å². The van der Waals surface area contributed by atoms with Crippen LogP contribution in [0.25, 0.3) is 0 Å².